The maximum atomic E-state index is 13.9. The monoisotopic (exact) mass is 582 g/mol. The van der Waals surface area contributed by atoms with Gasteiger partial charge in [-0.15, -0.1) is 0 Å². The first-order valence-corrected chi connectivity index (χ1v) is 17.9. The minimum atomic E-state index is -1.26. The van der Waals surface area contributed by atoms with Crippen LogP contribution in [0.3, 0.4) is 0 Å². The molecule has 41 heavy (non-hydrogen) atoms. The first-order chi connectivity index (χ1) is 19.5. The minimum absolute atomic E-state index is 0.0637. The summed E-state index contributed by atoms with van der Waals surface area (Å²) in [5, 5.41) is 19.2. The standard InChI is InChI=1S/C29H39FN6O4Si/c1-18(27(37)19-8-10-39-11-9-19)32-29(38)22-16-36(17-40-12-13-41(3,4)5)28-26(22)33-23(15-31-28)25-21-7-6-20(30)14-24(21)35(2)34-25/h6-7,14-16,18-19,27,37H,8-13,17H2,1-5H3,(H,32,38)/t18-,27+/m1/s1. The highest BCUT2D eigenvalue weighted by Crippen LogP contribution is 2.29. The molecule has 0 radical (unpaired) electrons. The topological polar surface area (TPSA) is 116 Å². The number of nitrogens with zero attached hydrogens (tertiary/aromatic N) is 5. The number of carbonyl (C=O) groups is 1. The molecular weight excluding hydrogens is 543 g/mol. The van der Waals surface area contributed by atoms with Crippen LogP contribution in [0.1, 0.15) is 30.1 Å². The Bertz CT molecular complexity index is 1540. The Hall–Kier alpha value is -3.19. The number of fused-ring (bicyclic) bond motifs is 2. The summed E-state index contributed by atoms with van der Waals surface area (Å²) in [6.45, 7) is 10.8. The van der Waals surface area contributed by atoms with E-state index in [1.807, 2.05) is 6.92 Å². The Labute approximate surface area is 239 Å². The van der Waals surface area contributed by atoms with Crippen molar-refractivity contribution in [2.75, 3.05) is 19.8 Å². The van der Waals surface area contributed by atoms with Crippen LogP contribution in [0.25, 0.3) is 33.5 Å². The molecule has 5 rings (SSSR count). The Morgan fingerprint density at radius 2 is 2.05 bits per heavy atom. The van der Waals surface area contributed by atoms with Crippen molar-refractivity contribution < 1.29 is 23.8 Å². The van der Waals surface area contributed by atoms with Crippen molar-refractivity contribution in [2.45, 2.75) is 64.3 Å². The Morgan fingerprint density at radius 3 is 2.78 bits per heavy atom. The quantitative estimate of drug-likeness (QED) is 0.211. The van der Waals surface area contributed by atoms with Crippen LogP contribution in [0.5, 0.6) is 0 Å². The van der Waals surface area contributed by atoms with Gasteiger partial charge in [-0.2, -0.15) is 5.10 Å². The van der Waals surface area contributed by atoms with E-state index in [4.69, 9.17) is 14.5 Å². The number of halogens is 1. The van der Waals surface area contributed by atoms with E-state index in [1.165, 1.54) is 12.1 Å². The van der Waals surface area contributed by atoms with E-state index in [1.54, 1.807) is 34.8 Å². The van der Waals surface area contributed by atoms with Gasteiger partial charge in [0.05, 0.1) is 29.4 Å². The van der Waals surface area contributed by atoms with Gasteiger partial charge in [0, 0.05) is 46.5 Å². The predicted octanol–water partition coefficient (Wildman–Crippen LogP) is 4.34. The third-order valence-corrected chi connectivity index (χ3v) is 9.42. The number of carbonyl (C=O) groups excluding carboxylic acids is 1. The van der Waals surface area contributed by atoms with Gasteiger partial charge in [0.1, 0.15) is 29.5 Å². The van der Waals surface area contributed by atoms with Crippen LogP contribution in [0.4, 0.5) is 4.39 Å². The Kier molecular flexibility index (Phi) is 8.55. The lowest BCUT2D eigenvalue weighted by Crippen LogP contribution is -2.45. The number of aliphatic hydroxyl groups is 1. The molecule has 1 fully saturated rings. The molecule has 0 unspecified atom stereocenters. The second-order valence-corrected chi connectivity index (χ2v) is 17.7. The molecule has 2 N–H and O–H groups in total. The van der Waals surface area contributed by atoms with Crippen LogP contribution in [-0.4, -0.2) is 75.4 Å². The van der Waals surface area contributed by atoms with E-state index in [9.17, 15) is 14.3 Å². The number of aryl methyl sites for hydroxylation is 1. The highest BCUT2D eigenvalue weighted by molar-refractivity contribution is 6.76. The van der Waals surface area contributed by atoms with Crippen LogP contribution in [0.15, 0.2) is 30.6 Å². The molecule has 1 amide bonds. The summed E-state index contributed by atoms with van der Waals surface area (Å²) >= 11 is 0. The first kappa shape index (κ1) is 29.3. The number of hydrogen-bond donors (Lipinski definition) is 2. The summed E-state index contributed by atoms with van der Waals surface area (Å²) in [6, 6.07) is 5.03. The van der Waals surface area contributed by atoms with Crippen molar-refractivity contribution in [3.05, 3.63) is 42.0 Å². The SMILES string of the molecule is C[C@@H](NC(=O)c1cn(COCC[Si](C)(C)C)c2ncc(-c3nn(C)c4cc(F)ccc34)nc12)[C@H](O)C1CCOCC1. The van der Waals surface area contributed by atoms with Crippen molar-refractivity contribution in [3.8, 4) is 11.4 Å². The second-order valence-electron chi connectivity index (χ2n) is 12.1. The van der Waals surface area contributed by atoms with E-state index in [0.29, 0.717) is 53.5 Å². The molecule has 0 bridgehead atoms. The molecule has 0 spiro atoms. The number of ether oxygens (including phenoxy) is 2. The average molecular weight is 583 g/mol. The lowest BCUT2D eigenvalue weighted by Gasteiger charge is -2.30. The van der Waals surface area contributed by atoms with Crippen molar-refractivity contribution in [2.24, 2.45) is 13.0 Å². The summed E-state index contributed by atoms with van der Waals surface area (Å²) in [5.74, 6) is -0.640. The lowest BCUT2D eigenvalue weighted by molar-refractivity contribution is -0.00424. The predicted molar refractivity (Wildman–Crippen MR) is 158 cm³/mol. The van der Waals surface area contributed by atoms with Gasteiger partial charge in [0.2, 0.25) is 0 Å². The molecule has 220 valence electrons. The van der Waals surface area contributed by atoms with Crippen molar-refractivity contribution in [1.29, 1.82) is 0 Å². The van der Waals surface area contributed by atoms with Gasteiger partial charge >= 0.3 is 0 Å². The van der Waals surface area contributed by atoms with Crippen molar-refractivity contribution in [3.63, 3.8) is 0 Å². The van der Waals surface area contributed by atoms with Crippen LogP contribution < -0.4 is 5.32 Å². The van der Waals surface area contributed by atoms with E-state index in [2.05, 4.69) is 35.0 Å². The summed E-state index contributed by atoms with van der Waals surface area (Å²) in [7, 11) is 0.481. The molecule has 0 saturated carbocycles. The number of rotatable bonds is 10. The normalized spacial score (nSPS) is 16.4. The summed E-state index contributed by atoms with van der Waals surface area (Å²) in [6.07, 6.45) is 4.14. The molecular formula is C29H39FN6O4Si. The third-order valence-electron chi connectivity index (χ3n) is 7.71. The van der Waals surface area contributed by atoms with E-state index in [0.717, 1.165) is 24.3 Å². The smallest absolute Gasteiger partial charge is 0.255 e. The summed E-state index contributed by atoms with van der Waals surface area (Å²) in [5.41, 5.74) is 2.89. The third kappa shape index (κ3) is 6.50. The second kappa shape index (κ2) is 12.0. The van der Waals surface area contributed by atoms with Crippen LogP contribution in [0.2, 0.25) is 25.7 Å². The molecule has 10 nitrogen and oxygen atoms in total. The maximum Gasteiger partial charge on any atom is 0.255 e. The average Bonchev–Trinajstić information content (AvgIpc) is 3.47. The molecule has 1 aliphatic rings. The number of amides is 1. The molecule has 4 aromatic rings. The lowest BCUT2D eigenvalue weighted by atomic mass is 9.90. The number of aromatic nitrogens is 5. The molecule has 12 heteroatoms. The molecule has 1 saturated heterocycles. The van der Waals surface area contributed by atoms with Gasteiger partial charge in [0.15, 0.2) is 5.65 Å². The van der Waals surface area contributed by atoms with Gasteiger partial charge in [-0.25, -0.2) is 14.4 Å². The van der Waals surface area contributed by atoms with E-state index >= 15 is 0 Å². The van der Waals surface area contributed by atoms with Gasteiger partial charge in [-0.3, -0.25) is 9.48 Å². The van der Waals surface area contributed by atoms with Crippen LogP contribution in [0, 0.1) is 11.7 Å². The minimum Gasteiger partial charge on any atom is -0.391 e. The number of aliphatic hydroxyl groups excluding tert-OH is 1. The summed E-state index contributed by atoms with van der Waals surface area (Å²) < 4.78 is 28.7. The first-order valence-electron chi connectivity index (χ1n) is 14.1. The highest BCUT2D eigenvalue weighted by Gasteiger charge is 2.29. The largest absolute Gasteiger partial charge is 0.391 e. The van der Waals surface area contributed by atoms with Gasteiger partial charge in [-0.1, -0.05) is 19.6 Å². The zero-order chi connectivity index (χ0) is 29.3. The zero-order valence-electron chi connectivity index (χ0n) is 24.4. The molecule has 1 aliphatic heterocycles. The highest BCUT2D eigenvalue weighted by atomic mass is 28.3. The number of benzene rings is 1. The molecule has 2 atom stereocenters. The maximum absolute atomic E-state index is 13.9. The molecule has 3 aromatic heterocycles. The summed E-state index contributed by atoms with van der Waals surface area (Å²) in [4.78, 5) is 23.1. The fraction of sp³-hybridized carbons (Fsp3) is 0.517. The van der Waals surface area contributed by atoms with Crippen molar-refractivity contribution >= 4 is 36.0 Å². The number of hydrogen-bond acceptors (Lipinski definition) is 7. The van der Waals surface area contributed by atoms with Gasteiger partial charge < -0.3 is 24.5 Å². The van der Waals surface area contributed by atoms with Crippen molar-refractivity contribution in [1.82, 2.24) is 29.6 Å². The molecule has 4 heterocycles. The van der Waals surface area contributed by atoms with Gasteiger partial charge in [-0.05, 0) is 49.9 Å². The zero-order valence-corrected chi connectivity index (χ0v) is 25.4. The Balaban J connectivity index is 1.47. The molecule has 1 aromatic carbocycles. The van der Waals surface area contributed by atoms with Crippen LogP contribution >= 0.6 is 0 Å². The Morgan fingerprint density at radius 1 is 1.29 bits per heavy atom. The fourth-order valence-corrected chi connectivity index (χ4v) is 5.98. The number of nitrogens with one attached hydrogen (secondary N) is 1. The van der Waals surface area contributed by atoms with Crippen LogP contribution in [-0.2, 0) is 23.3 Å². The van der Waals surface area contributed by atoms with Gasteiger partial charge in [0.25, 0.3) is 5.91 Å². The molecule has 0 aliphatic carbocycles. The van der Waals surface area contributed by atoms with E-state index in [-0.39, 0.29) is 24.4 Å². The van der Waals surface area contributed by atoms with E-state index < -0.39 is 20.2 Å². The fourth-order valence-electron chi connectivity index (χ4n) is 5.23.